The van der Waals surface area contributed by atoms with Gasteiger partial charge in [0.1, 0.15) is 0 Å². The van der Waals surface area contributed by atoms with Gasteiger partial charge in [0.2, 0.25) is 0 Å². The minimum absolute atomic E-state index is 0.189. The van der Waals surface area contributed by atoms with Crippen molar-refractivity contribution in [2.45, 2.75) is 19.0 Å². The number of aromatic nitrogens is 4. The van der Waals surface area contributed by atoms with E-state index in [-0.39, 0.29) is 11.7 Å². The molecule has 0 spiro atoms. The van der Waals surface area contributed by atoms with Crippen LogP contribution in [0.4, 0.5) is 0 Å². The molecule has 25 heavy (non-hydrogen) atoms. The number of hydrogen-bond donors (Lipinski definition) is 0. The maximum absolute atomic E-state index is 11.7. The molecule has 0 aliphatic heterocycles. The van der Waals surface area contributed by atoms with Gasteiger partial charge >= 0.3 is 5.97 Å². The molecule has 2 heterocycles. The Balaban J connectivity index is 1.99. The normalized spacial score (nSPS) is 10.6. The summed E-state index contributed by atoms with van der Waals surface area (Å²) in [4.78, 5) is 15.7. The molecule has 0 saturated carbocycles. The van der Waals surface area contributed by atoms with Gasteiger partial charge in [-0.1, -0.05) is 29.5 Å². The van der Waals surface area contributed by atoms with Crippen LogP contribution in [0.5, 0.6) is 0 Å². The van der Waals surface area contributed by atoms with E-state index in [1.165, 1.54) is 17.3 Å². The molecule has 0 N–H and O–H groups in total. The van der Waals surface area contributed by atoms with Gasteiger partial charge in [0.25, 0.3) is 0 Å². The highest BCUT2D eigenvalue weighted by molar-refractivity contribution is 7.99. The predicted molar refractivity (Wildman–Crippen MR) is 96.7 cm³/mol. The summed E-state index contributed by atoms with van der Waals surface area (Å²) in [6.45, 7) is 4.20. The van der Waals surface area contributed by atoms with Crippen LogP contribution in [0.2, 0.25) is 0 Å². The molecule has 128 valence electrons. The fourth-order valence-electron chi connectivity index (χ4n) is 2.30. The van der Waals surface area contributed by atoms with Gasteiger partial charge in [-0.2, -0.15) is 0 Å². The summed E-state index contributed by atoms with van der Waals surface area (Å²) in [5.41, 5.74) is 3.02. The molecule has 6 nitrogen and oxygen atoms in total. The Kier molecular flexibility index (Phi) is 5.45. The molecule has 0 amide bonds. The minimum atomic E-state index is -0.267. The number of esters is 1. The molecule has 1 aromatic carbocycles. The number of ether oxygens (including phenoxy) is 1. The van der Waals surface area contributed by atoms with Gasteiger partial charge in [-0.15, -0.1) is 10.2 Å². The monoisotopic (exact) mass is 354 g/mol. The van der Waals surface area contributed by atoms with Crippen LogP contribution in [0, 0.1) is 6.92 Å². The Morgan fingerprint density at radius 1 is 1.12 bits per heavy atom. The molecule has 3 rings (SSSR count). The molecule has 0 saturated heterocycles. The Labute approximate surface area is 150 Å². The van der Waals surface area contributed by atoms with Crippen LogP contribution in [-0.4, -0.2) is 38.1 Å². The maximum Gasteiger partial charge on any atom is 0.316 e. The first-order valence-corrected chi connectivity index (χ1v) is 8.89. The van der Waals surface area contributed by atoms with Crippen LogP contribution in [0.25, 0.3) is 17.1 Å². The fourth-order valence-corrected chi connectivity index (χ4v) is 3.05. The lowest BCUT2D eigenvalue weighted by Crippen LogP contribution is -2.08. The van der Waals surface area contributed by atoms with E-state index in [0.717, 1.165) is 11.3 Å². The molecule has 0 radical (unpaired) electrons. The van der Waals surface area contributed by atoms with E-state index in [9.17, 15) is 4.79 Å². The van der Waals surface area contributed by atoms with Crippen molar-refractivity contribution in [2.75, 3.05) is 12.4 Å². The van der Waals surface area contributed by atoms with Crippen LogP contribution in [0.3, 0.4) is 0 Å². The summed E-state index contributed by atoms with van der Waals surface area (Å²) >= 11 is 1.31. The number of nitrogens with zero attached hydrogens (tertiary/aromatic N) is 4. The third kappa shape index (κ3) is 4.06. The van der Waals surface area contributed by atoms with Crippen LogP contribution in [0.1, 0.15) is 12.5 Å². The topological polar surface area (TPSA) is 69.9 Å². The SMILES string of the molecule is CCOC(=O)CSc1nnc(-c2ccncc2)n1-c1ccc(C)cc1. The molecule has 0 bridgehead atoms. The molecule has 0 aliphatic carbocycles. The van der Waals surface area contributed by atoms with E-state index in [1.807, 2.05) is 47.9 Å². The summed E-state index contributed by atoms with van der Waals surface area (Å²) in [6.07, 6.45) is 3.43. The Morgan fingerprint density at radius 2 is 1.84 bits per heavy atom. The largest absolute Gasteiger partial charge is 0.465 e. The minimum Gasteiger partial charge on any atom is -0.465 e. The van der Waals surface area contributed by atoms with Crippen molar-refractivity contribution in [1.29, 1.82) is 0 Å². The van der Waals surface area contributed by atoms with Crippen LogP contribution in [-0.2, 0) is 9.53 Å². The first kappa shape index (κ1) is 17.2. The van der Waals surface area contributed by atoms with Gasteiger partial charge in [0.05, 0.1) is 12.4 Å². The molecule has 2 aromatic heterocycles. The number of benzene rings is 1. The van der Waals surface area contributed by atoms with Crippen molar-refractivity contribution >= 4 is 17.7 Å². The highest BCUT2D eigenvalue weighted by atomic mass is 32.2. The number of carbonyl (C=O) groups excluding carboxylic acids is 1. The smallest absolute Gasteiger partial charge is 0.316 e. The summed E-state index contributed by atoms with van der Waals surface area (Å²) in [6, 6.07) is 11.9. The van der Waals surface area contributed by atoms with Crippen LogP contribution >= 0.6 is 11.8 Å². The number of carbonyl (C=O) groups is 1. The second-order valence-corrected chi connectivity index (χ2v) is 6.25. The van der Waals surface area contributed by atoms with Gasteiger partial charge < -0.3 is 4.74 Å². The summed E-state index contributed by atoms with van der Waals surface area (Å²) in [5, 5.41) is 9.23. The molecule has 0 fully saturated rings. The lowest BCUT2D eigenvalue weighted by atomic mass is 10.2. The second kappa shape index (κ2) is 7.94. The Morgan fingerprint density at radius 3 is 2.52 bits per heavy atom. The standard InChI is InChI=1S/C18H18N4O2S/c1-3-24-16(23)12-25-18-21-20-17(14-8-10-19-11-9-14)22(18)15-6-4-13(2)5-7-15/h4-11H,3,12H2,1-2H3. The van der Waals surface area contributed by atoms with Gasteiger partial charge in [-0.05, 0) is 38.1 Å². The summed E-state index contributed by atoms with van der Waals surface area (Å²) < 4.78 is 6.93. The number of aryl methyl sites for hydroxylation is 1. The van der Waals surface area contributed by atoms with Gasteiger partial charge in [-0.25, -0.2) is 0 Å². The molecule has 0 aliphatic rings. The summed E-state index contributed by atoms with van der Waals surface area (Å²) in [5.74, 6) is 0.628. The van der Waals surface area contributed by atoms with Crippen LogP contribution in [0.15, 0.2) is 53.9 Å². The third-order valence-electron chi connectivity index (χ3n) is 3.49. The molecule has 0 unspecified atom stereocenters. The van der Waals surface area contributed by atoms with E-state index in [4.69, 9.17) is 4.74 Å². The third-order valence-corrected chi connectivity index (χ3v) is 4.39. The van der Waals surface area contributed by atoms with Crippen molar-refractivity contribution < 1.29 is 9.53 Å². The molecular weight excluding hydrogens is 336 g/mol. The number of thioether (sulfide) groups is 1. The molecule has 3 aromatic rings. The second-order valence-electron chi connectivity index (χ2n) is 5.31. The molecule has 7 heteroatoms. The Hall–Kier alpha value is -2.67. The van der Waals surface area contributed by atoms with Gasteiger partial charge in [0, 0.05) is 23.6 Å². The van der Waals surface area contributed by atoms with E-state index >= 15 is 0 Å². The van der Waals surface area contributed by atoms with Crippen molar-refractivity contribution in [3.8, 4) is 17.1 Å². The zero-order valence-electron chi connectivity index (χ0n) is 14.0. The lowest BCUT2D eigenvalue weighted by molar-refractivity contribution is -0.139. The van der Waals surface area contributed by atoms with E-state index in [2.05, 4.69) is 15.2 Å². The van der Waals surface area contributed by atoms with Crippen LogP contribution < -0.4 is 0 Å². The zero-order valence-corrected chi connectivity index (χ0v) is 14.9. The number of pyridine rings is 1. The van der Waals surface area contributed by atoms with Crippen molar-refractivity contribution in [1.82, 2.24) is 19.7 Å². The zero-order chi connectivity index (χ0) is 17.6. The summed E-state index contributed by atoms with van der Waals surface area (Å²) in [7, 11) is 0. The van der Waals surface area contributed by atoms with Crippen molar-refractivity contribution in [3.05, 3.63) is 54.4 Å². The molecule has 0 atom stereocenters. The fraction of sp³-hybridized carbons (Fsp3) is 0.222. The quantitative estimate of drug-likeness (QED) is 0.500. The van der Waals surface area contributed by atoms with E-state index in [0.29, 0.717) is 17.6 Å². The Bertz CT molecular complexity index is 847. The van der Waals surface area contributed by atoms with Crippen molar-refractivity contribution in [3.63, 3.8) is 0 Å². The van der Waals surface area contributed by atoms with E-state index < -0.39 is 0 Å². The first-order valence-electron chi connectivity index (χ1n) is 7.90. The maximum atomic E-state index is 11.7. The lowest BCUT2D eigenvalue weighted by Gasteiger charge is -2.10. The molecular formula is C18H18N4O2S. The predicted octanol–water partition coefficient (Wildman–Crippen LogP) is 3.29. The van der Waals surface area contributed by atoms with Crippen molar-refractivity contribution in [2.24, 2.45) is 0 Å². The van der Waals surface area contributed by atoms with E-state index in [1.54, 1.807) is 19.3 Å². The number of hydrogen-bond acceptors (Lipinski definition) is 6. The van der Waals surface area contributed by atoms with Gasteiger partial charge in [0.15, 0.2) is 11.0 Å². The average Bonchev–Trinajstić information content (AvgIpc) is 3.05. The first-order chi connectivity index (χ1) is 12.2. The highest BCUT2D eigenvalue weighted by Gasteiger charge is 2.17. The average molecular weight is 354 g/mol. The highest BCUT2D eigenvalue weighted by Crippen LogP contribution is 2.27. The number of rotatable bonds is 6. The van der Waals surface area contributed by atoms with Gasteiger partial charge in [-0.3, -0.25) is 14.3 Å².